The number of carbonyl (C=O) groups is 1. The summed E-state index contributed by atoms with van der Waals surface area (Å²) in [6, 6.07) is 18.5. The Balaban J connectivity index is 1.59. The highest BCUT2D eigenvalue weighted by Gasteiger charge is 2.62. The molecule has 3 aromatic rings. The van der Waals surface area contributed by atoms with E-state index in [1.807, 2.05) is 67.1 Å². The number of likely N-dealkylation sites (N-methyl/N-ethyl adjacent to an activating group) is 1. The third-order valence-electron chi connectivity index (χ3n) is 6.53. The second-order valence-corrected chi connectivity index (χ2v) is 9.05. The lowest BCUT2D eigenvalue weighted by atomic mass is 9.87. The van der Waals surface area contributed by atoms with Gasteiger partial charge in [0.2, 0.25) is 0 Å². The predicted molar refractivity (Wildman–Crippen MR) is 117 cm³/mol. The van der Waals surface area contributed by atoms with Crippen LogP contribution in [0.15, 0.2) is 60.8 Å². The van der Waals surface area contributed by atoms with Crippen molar-refractivity contribution in [3.8, 4) is 11.1 Å². The van der Waals surface area contributed by atoms with Crippen LogP contribution >= 0.6 is 0 Å². The molecule has 0 bridgehead atoms. The highest BCUT2D eigenvalue weighted by atomic mass is 16.2. The average molecular weight is 388 g/mol. The van der Waals surface area contributed by atoms with Crippen molar-refractivity contribution in [2.75, 3.05) is 13.6 Å². The normalized spacial score (nSPS) is 19.8. The number of hydrogen-bond donors (Lipinski definition) is 0. The van der Waals surface area contributed by atoms with Crippen LogP contribution in [-0.4, -0.2) is 34.2 Å². The van der Waals surface area contributed by atoms with Gasteiger partial charge >= 0.3 is 0 Å². The fourth-order valence-electron chi connectivity index (χ4n) is 4.72. The van der Waals surface area contributed by atoms with Gasteiger partial charge in [0.15, 0.2) is 0 Å². The molecule has 1 aliphatic rings. The van der Waals surface area contributed by atoms with Crippen LogP contribution in [0.5, 0.6) is 0 Å². The number of aromatic nitrogens is 2. The second kappa shape index (κ2) is 6.87. The van der Waals surface area contributed by atoms with Gasteiger partial charge in [0.05, 0.1) is 5.69 Å². The lowest BCUT2D eigenvalue weighted by molar-refractivity contribution is 0.0775. The maximum atomic E-state index is 13.3. The molecule has 1 atom stereocenters. The van der Waals surface area contributed by atoms with E-state index in [0.29, 0.717) is 0 Å². The van der Waals surface area contributed by atoms with Gasteiger partial charge in [-0.25, -0.2) is 0 Å². The summed E-state index contributed by atoms with van der Waals surface area (Å²) in [6.07, 6.45) is 3.09. The number of aryl methyl sites for hydroxylation is 2. The van der Waals surface area contributed by atoms with Crippen molar-refractivity contribution in [1.82, 2.24) is 14.7 Å². The van der Waals surface area contributed by atoms with E-state index in [9.17, 15) is 4.79 Å². The quantitative estimate of drug-likeness (QED) is 0.628. The first-order chi connectivity index (χ1) is 13.7. The Hall–Kier alpha value is -2.88. The van der Waals surface area contributed by atoms with Crippen molar-refractivity contribution in [1.29, 1.82) is 0 Å². The summed E-state index contributed by atoms with van der Waals surface area (Å²) in [7, 11) is 3.84. The van der Waals surface area contributed by atoms with Crippen molar-refractivity contribution in [3.05, 3.63) is 77.6 Å². The SMILES string of the molecule is Cc1nn(C)cc1-c1cccc(C(=O)N(C)CC2(c3ccccc3)CC2(C)C)c1. The first-order valence-corrected chi connectivity index (χ1v) is 10.2. The standard InChI is InChI=1S/C25H29N3O/c1-18-22(15-28(5)26-18)19-10-9-11-20(14-19)23(29)27(4)17-25(16-24(25,2)3)21-12-7-6-8-13-21/h6-15H,16-17H2,1-5H3. The topological polar surface area (TPSA) is 38.1 Å². The molecule has 0 saturated heterocycles. The molecular weight excluding hydrogens is 358 g/mol. The number of rotatable bonds is 5. The summed E-state index contributed by atoms with van der Waals surface area (Å²) < 4.78 is 1.81. The van der Waals surface area contributed by atoms with Crippen LogP contribution < -0.4 is 0 Å². The molecule has 4 heteroatoms. The first kappa shape index (κ1) is 19.4. The summed E-state index contributed by atoms with van der Waals surface area (Å²) in [5.41, 5.74) is 5.31. The average Bonchev–Trinajstić information content (AvgIpc) is 3.08. The van der Waals surface area contributed by atoms with Crippen LogP contribution in [0.25, 0.3) is 11.1 Å². The number of carbonyl (C=O) groups excluding carboxylic acids is 1. The van der Waals surface area contributed by atoms with Crippen LogP contribution in [-0.2, 0) is 12.5 Å². The van der Waals surface area contributed by atoms with Crippen molar-refractivity contribution >= 4 is 5.91 Å². The highest BCUT2D eigenvalue weighted by Crippen LogP contribution is 2.64. The molecular formula is C25H29N3O. The zero-order valence-electron chi connectivity index (χ0n) is 17.9. The predicted octanol–water partition coefficient (Wildman–Crippen LogP) is 4.84. The fourth-order valence-corrected chi connectivity index (χ4v) is 4.72. The number of amides is 1. The van der Waals surface area contributed by atoms with E-state index in [4.69, 9.17) is 0 Å². The fraction of sp³-hybridized carbons (Fsp3) is 0.360. The van der Waals surface area contributed by atoms with E-state index >= 15 is 0 Å². The molecule has 0 aliphatic heterocycles. The van der Waals surface area contributed by atoms with Gasteiger partial charge in [-0.1, -0.05) is 56.3 Å². The van der Waals surface area contributed by atoms with Crippen molar-refractivity contribution in [3.63, 3.8) is 0 Å². The number of hydrogen-bond acceptors (Lipinski definition) is 2. The molecule has 0 N–H and O–H groups in total. The molecule has 29 heavy (non-hydrogen) atoms. The van der Waals surface area contributed by atoms with Gasteiger partial charge in [-0.15, -0.1) is 0 Å². The third-order valence-corrected chi connectivity index (χ3v) is 6.53. The van der Waals surface area contributed by atoms with E-state index in [0.717, 1.165) is 35.3 Å². The zero-order chi connectivity index (χ0) is 20.8. The molecule has 0 radical (unpaired) electrons. The molecule has 1 unspecified atom stereocenters. The minimum atomic E-state index is 0.0240. The molecule has 1 aliphatic carbocycles. The Bertz CT molecular complexity index is 1050. The second-order valence-electron chi connectivity index (χ2n) is 9.05. The molecule has 1 amide bonds. The minimum absolute atomic E-state index is 0.0240. The Morgan fingerprint density at radius 2 is 1.83 bits per heavy atom. The van der Waals surface area contributed by atoms with Gasteiger partial charge < -0.3 is 4.90 Å². The molecule has 1 fully saturated rings. The minimum Gasteiger partial charge on any atom is -0.341 e. The Labute approximate surface area is 173 Å². The third kappa shape index (κ3) is 3.37. The summed E-state index contributed by atoms with van der Waals surface area (Å²) in [6.45, 7) is 7.31. The summed E-state index contributed by atoms with van der Waals surface area (Å²) in [4.78, 5) is 15.2. The maximum Gasteiger partial charge on any atom is 0.253 e. The Morgan fingerprint density at radius 3 is 2.41 bits per heavy atom. The summed E-state index contributed by atoms with van der Waals surface area (Å²) in [5, 5.41) is 4.42. The smallest absolute Gasteiger partial charge is 0.253 e. The van der Waals surface area contributed by atoms with Gasteiger partial charge in [-0.2, -0.15) is 5.10 Å². The van der Waals surface area contributed by atoms with Crippen LogP contribution in [0.4, 0.5) is 0 Å². The van der Waals surface area contributed by atoms with E-state index < -0.39 is 0 Å². The molecule has 4 nitrogen and oxygen atoms in total. The van der Waals surface area contributed by atoms with E-state index in [-0.39, 0.29) is 16.7 Å². The lowest BCUT2D eigenvalue weighted by Crippen LogP contribution is -2.36. The molecule has 2 aromatic carbocycles. The van der Waals surface area contributed by atoms with Crippen LogP contribution in [0.3, 0.4) is 0 Å². The molecule has 4 rings (SSSR count). The summed E-state index contributed by atoms with van der Waals surface area (Å²) in [5.74, 6) is 0.0615. The molecule has 150 valence electrons. The van der Waals surface area contributed by atoms with Crippen LogP contribution in [0, 0.1) is 12.3 Å². The first-order valence-electron chi connectivity index (χ1n) is 10.2. The summed E-state index contributed by atoms with van der Waals surface area (Å²) >= 11 is 0. The van der Waals surface area contributed by atoms with Crippen molar-refractivity contribution in [2.45, 2.75) is 32.6 Å². The van der Waals surface area contributed by atoms with Gasteiger partial charge in [0, 0.05) is 43.4 Å². The van der Waals surface area contributed by atoms with E-state index in [1.54, 1.807) is 0 Å². The van der Waals surface area contributed by atoms with Crippen molar-refractivity contribution in [2.24, 2.45) is 12.5 Å². The molecule has 1 heterocycles. The number of benzene rings is 2. The Morgan fingerprint density at radius 1 is 1.14 bits per heavy atom. The van der Waals surface area contributed by atoms with Gasteiger partial charge in [0.25, 0.3) is 5.91 Å². The zero-order valence-corrected chi connectivity index (χ0v) is 17.9. The molecule has 1 aromatic heterocycles. The van der Waals surface area contributed by atoms with Gasteiger partial charge in [0.1, 0.15) is 0 Å². The van der Waals surface area contributed by atoms with Crippen molar-refractivity contribution < 1.29 is 4.79 Å². The van der Waals surface area contributed by atoms with Crippen LogP contribution in [0.1, 0.15) is 41.9 Å². The van der Waals surface area contributed by atoms with E-state index in [2.05, 4.69) is 43.2 Å². The molecule has 0 spiro atoms. The maximum absolute atomic E-state index is 13.3. The van der Waals surface area contributed by atoms with Gasteiger partial charge in [-0.05, 0) is 42.0 Å². The monoisotopic (exact) mass is 387 g/mol. The van der Waals surface area contributed by atoms with E-state index in [1.165, 1.54) is 5.56 Å². The molecule has 1 saturated carbocycles. The largest absolute Gasteiger partial charge is 0.341 e. The lowest BCUT2D eigenvalue weighted by Gasteiger charge is -2.28. The van der Waals surface area contributed by atoms with Crippen LogP contribution in [0.2, 0.25) is 0 Å². The number of nitrogens with zero attached hydrogens (tertiary/aromatic N) is 3. The highest BCUT2D eigenvalue weighted by molar-refractivity contribution is 5.95. The van der Waals surface area contributed by atoms with Gasteiger partial charge in [-0.3, -0.25) is 9.48 Å². The Kier molecular flexibility index (Phi) is 4.60.